The fourth-order valence-electron chi connectivity index (χ4n) is 2.35. The van der Waals surface area contributed by atoms with Gasteiger partial charge in [0.25, 0.3) is 10.0 Å². The molecule has 0 fully saturated rings. The van der Waals surface area contributed by atoms with Crippen LogP contribution in [0.1, 0.15) is 37.8 Å². The number of methoxy groups -OCH3 is 1. The third-order valence-electron chi connectivity index (χ3n) is 3.75. The van der Waals surface area contributed by atoms with E-state index in [1.54, 1.807) is 37.4 Å². The van der Waals surface area contributed by atoms with Crippen molar-refractivity contribution in [1.82, 2.24) is 0 Å². The van der Waals surface area contributed by atoms with Crippen LogP contribution in [-0.2, 0) is 16.4 Å². The molecule has 124 valence electrons. The number of aryl methyl sites for hydroxylation is 1. The number of sulfonamides is 1. The van der Waals surface area contributed by atoms with Crippen molar-refractivity contribution in [3.8, 4) is 5.75 Å². The quantitative estimate of drug-likeness (QED) is 0.862. The Bertz CT molecular complexity index is 765. The third-order valence-corrected chi connectivity index (χ3v) is 5.13. The average Bonchev–Trinajstić information content (AvgIpc) is 2.54. The van der Waals surface area contributed by atoms with Gasteiger partial charge in [-0.15, -0.1) is 0 Å². The Balaban J connectivity index is 2.33. The Morgan fingerprint density at radius 1 is 1.09 bits per heavy atom. The largest absolute Gasteiger partial charge is 0.496 e. The molecule has 0 aliphatic rings. The predicted octanol–water partition coefficient (Wildman–Crippen LogP) is 4.18. The van der Waals surface area contributed by atoms with Gasteiger partial charge < -0.3 is 4.74 Å². The van der Waals surface area contributed by atoms with Crippen molar-refractivity contribution < 1.29 is 13.2 Å². The van der Waals surface area contributed by atoms with Crippen molar-refractivity contribution in [1.29, 1.82) is 0 Å². The minimum absolute atomic E-state index is 0.170. The van der Waals surface area contributed by atoms with Crippen LogP contribution in [0.25, 0.3) is 0 Å². The molecule has 0 aromatic heterocycles. The molecule has 23 heavy (non-hydrogen) atoms. The lowest BCUT2D eigenvalue weighted by Gasteiger charge is -2.14. The van der Waals surface area contributed by atoms with Crippen LogP contribution in [0, 0.1) is 0 Å². The second-order valence-corrected chi connectivity index (χ2v) is 7.40. The second-order valence-electron chi connectivity index (χ2n) is 5.71. The van der Waals surface area contributed by atoms with Gasteiger partial charge in [-0.3, -0.25) is 4.72 Å². The monoisotopic (exact) mass is 333 g/mol. The molecular formula is C18H23NO3S. The fourth-order valence-corrected chi connectivity index (χ4v) is 3.45. The van der Waals surface area contributed by atoms with E-state index >= 15 is 0 Å². The van der Waals surface area contributed by atoms with Crippen LogP contribution in [0.2, 0.25) is 0 Å². The number of anilines is 1. The normalized spacial score (nSPS) is 11.5. The summed E-state index contributed by atoms with van der Waals surface area (Å²) < 4.78 is 33.1. The Hall–Kier alpha value is -2.01. The SMILES string of the molecule is CCc1ccc(NS(=O)(=O)c2ccc(OC)c(C(C)C)c2)cc1. The number of benzene rings is 2. The topological polar surface area (TPSA) is 55.4 Å². The van der Waals surface area contributed by atoms with Crippen LogP contribution < -0.4 is 9.46 Å². The van der Waals surface area contributed by atoms with Gasteiger partial charge in [0.15, 0.2) is 0 Å². The van der Waals surface area contributed by atoms with Crippen molar-refractivity contribution in [3.63, 3.8) is 0 Å². The first-order valence-electron chi connectivity index (χ1n) is 7.67. The van der Waals surface area contributed by atoms with Gasteiger partial charge >= 0.3 is 0 Å². The average molecular weight is 333 g/mol. The van der Waals surface area contributed by atoms with Crippen LogP contribution in [0.4, 0.5) is 5.69 Å². The summed E-state index contributed by atoms with van der Waals surface area (Å²) in [5.74, 6) is 0.871. The Kier molecular flexibility index (Phi) is 5.31. The van der Waals surface area contributed by atoms with Crippen molar-refractivity contribution >= 4 is 15.7 Å². The smallest absolute Gasteiger partial charge is 0.261 e. The van der Waals surface area contributed by atoms with Crippen molar-refractivity contribution in [2.24, 2.45) is 0 Å². The summed E-state index contributed by atoms with van der Waals surface area (Å²) in [5, 5.41) is 0. The fraction of sp³-hybridized carbons (Fsp3) is 0.333. The van der Waals surface area contributed by atoms with Gasteiger partial charge in [-0.25, -0.2) is 8.42 Å². The Morgan fingerprint density at radius 2 is 1.74 bits per heavy atom. The van der Waals surface area contributed by atoms with Crippen LogP contribution in [-0.4, -0.2) is 15.5 Å². The summed E-state index contributed by atoms with van der Waals surface area (Å²) in [6, 6.07) is 12.3. The van der Waals surface area contributed by atoms with E-state index in [9.17, 15) is 8.42 Å². The van der Waals surface area contributed by atoms with E-state index in [1.807, 2.05) is 26.0 Å². The highest BCUT2D eigenvalue weighted by Crippen LogP contribution is 2.29. The summed E-state index contributed by atoms with van der Waals surface area (Å²) in [6.45, 7) is 6.07. The summed E-state index contributed by atoms with van der Waals surface area (Å²) in [4.78, 5) is 0.238. The van der Waals surface area contributed by atoms with Crippen LogP contribution in [0.15, 0.2) is 47.4 Å². The minimum Gasteiger partial charge on any atom is -0.496 e. The van der Waals surface area contributed by atoms with Crippen LogP contribution >= 0.6 is 0 Å². The van der Waals surface area contributed by atoms with Gasteiger partial charge in [0.05, 0.1) is 12.0 Å². The number of hydrogen-bond acceptors (Lipinski definition) is 3. The Morgan fingerprint density at radius 3 is 2.26 bits per heavy atom. The van der Waals surface area contributed by atoms with Crippen molar-refractivity contribution in [3.05, 3.63) is 53.6 Å². The van der Waals surface area contributed by atoms with Crippen molar-refractivity contribution in [2.75, 3.05) is 11.8 Å². The number of hydrogen-bond donors (Lipinski definition) is 1. The zero-order valence-electron chi connectivity index (χ0n) is 14.0. The lowest BCUT2D eigenvalue weighted by molar-refractivity contribution is 0.407. The molecule has 0 saturated heterocycles. The maximum absolute atomic E-state index is 12.6. The molecular weight excluding hydrogens is 310 g/mol. The molecule has 0 unspecified atom stereocenters. The van der Waals surface area contributed by atoms with E-state index in [2.05, 4.69) is 11.6 Å². The van der Waals surface area contributed by atoms with Gasteiger partial charge in [0, 0.05) is 5.69 Å². The molecule has 4 nitrogen and oxygen atoms in total. The van der Waals surface area contributed by atoms with Gasteiger partial charge in [0.1, 0.15) is 5.75 Å². The standard InChI is InChI=1S/C18H23NO3S/c1-5-14-6-8-15(9-7-14)19-23(20,21)16-10-11-18(22-4)17(12-16)13(2)3/h6-13,19H,5H2,1-4H3. The molecule has 5 heteroatoms. The van der Waals surface area contributed by atoms with Gasteiger partial charge in [0.2, 0.25) is 0 Å². The highest BCUT2D eigenvalue weighted by Gasteiger charge is 2.18. The molecule has 0 radical (unpaired) electrons. The van der Waals surface area contributed by atoms with E-state index in [0.29, 0.717) is 11.4 Å². The summed E-state index contributed by atoms with van der Waals surface area (Å²) in [7, 11) is -2.03. The number of nitrogens with one attached hydrogen (secondary N) is 1. The summed E-state index contributed by atoms with van der Waals surface area (Å²) in [6.07, 6.45) is 0.920. The number of rotatable bonds is 6. The highest BCUT2D eigenvalue weighted by molar-refractivity contribution is 7.92. The van der Waals surface area contributed by atoms with E-state index in [1.165, 1.54) is 5.56 Å². The first-order valence-corrected chi connectivity index (χ1v) is 9.15. The molecule has 0 aliphatic carbocycles. The molecule has 0 aliphatic heterocycles. The number of ether oxygens (including phenoxy) is 1. The molecule has 0 heterocycles. The Labute approximate surface area is 138 Å². The maximum Gasteiger partial charge on any atom is 0.261 e. The molecule has 0 saturated carbocycles. The van der Waals surface area contributed by atoms with E-state index < -0.39 is 10.0 Å². The second kappa shape index (κ2) is 7.04. The lowest BCUT2D eigenvalue weighted by Crippen LogP contribution is -2.13. The lowest BCUT2D eigenvalue weighted by atomic mass is 10.0. The van der Waals surface area contributed by atoms with E-state index in [-0.39, 0.29) is 10.8 Å². The predicted molar refractivity (Wildman–Crippen MR) is 93.7 cm³/mol. The van der Waals surface area contributed by atoms with E-state index in [4.69, 9.17) is 4.74 Å². The van der Waals surface area contributed by atoms with Gasteiger partial charge in [-0.1, -0.05) is 32.9 Å². The molecule has 0 amide bonds. The molecule has 0 atom stereocenters. The molecule has 1 N–H and O–H groups in total. The zero-order valence-corrected chi connectivity index (χ0v) is 14.8. The van der Waals surface area contributed by atoms with Gasteiger partial charge in [-0.2, -0.15) is 0 Å². The third kappa shape index (κ3) is 4.05. The first kappa shape index (κ1) is 17.3. The molecule has 2 rings (SSSR count). The van der Waals surface area contributed by atoms with Crippen LogP contribution in [0.3, 0.4) is 0 Å². The summed E-state index contributed by atoms with van der Waals surface area (Å²) >= 11 is 0. The molecule has 0 bridgehead atoms. The first-order chi connectivity index (χ1) is 10.9. The van der Waals surface area contributed by atoms with Crippen molar-refractivity contribution in [2.45, 2.75) is 38.0 Å². The highest BCUT2D eigenvalue weighted by atomic mass is 32.2. The summed E-state index contributed by atoms with van der Waals surface area (Å²) in [5.41, 5.74) is 2.60. The van der Waals surface area contributed by atoms with Crippen LogP contribution in [0.5, 0.6) is 5.75 Å². The minimum atomic E-state index is -3.62. The molecule has 0 spiro atoms. The zero-order chi connectivity index (χ0) is 17.0. The molecule has 2 aromatic rings. The van der Waals surface area contributed by atoms with Gasteiger partial charge in [-0.05, 0) is 53.8 Å². The van der Waals surface area contributed by atoms with E-state index in [0.717, 1.165) is 12.0 Å². The maximum atomic E-state index is 12.6. The molecule has 2 aromatic carbocycles.